The van der Waals surface area contributed by atoms with E-state index in [1.807, 2.05) is 16.8 Å². The molecule has 0 aromatic rings. The van der Waals surface area contributed by atoms with Crippen molar-refractivity contribution < 1.29 is 9.59 Å². The van der Waals surface area contributed by atoms with Gasteiger partial charge in [-0.15, -0.1) is 12.4 Å². The summed E-state index contributed by atoms with van der Waals surface area (Å²) in [7, 11) is 1.94. The van der Waals surface area contributed by atoms with Crippen LogP contribution in [0, 0.1) is 11.8 Å². The van der Waals surface area contributed by atoms with Crippen LogP contribution in [0.25, 0.3) is 0 Å². The minimum atomic E-state index is 0. The molecule has 0 aliphatic carbocycles. The molecule has 0 saturated carbocycles. The molecule has 0 bridgehead atoms. The lowest BCUT2D eigenvalue weighted by atomic mass is 9.93. The average Bonchev–Trinajstić information content (AvgIpc) is 2.59. The quantitative estimate of drug-likeness (QED) is 0.774. The molecule has 3 amide bonds. The van der Waals surface area contributed by atoms with Gasteiger partial charge in [-0.1, -0.05) is 13.8 Å². The molecule has 146 valence electrons. The first-order valence-corrected chi connectivity index (χ1v) is 9.46. The van der Waals surface area contributed by atoms with E-state index in [4.69, 9.17) is 0 Å². The number of urea groups is 1. The van der Waals surface area contributed by atoms with E-state index in [-0.39, 0.29) is 24.3 Å². The van der Waals surface area contributed by atoms with Gasteiger partial charge in [-0.25, -0.2) is 4.79 Å². The highest BCUT2D eigenvalue weighted by molar-refractivity contribution is 5.85. The summed E-state index contributed by atoms with van der Waals surface area (Å²) in [5.41, 5.74) is 0. The summed E-state index contributed by atoms with van der Waals surface area (Å²) < 4.78 is 0. The van der Waals surface area contributed by atoms with Crippen molar-refractivity contribution in [2.75, 3.05) is 39.8 Å². The Kier molecular flexibility index (Phi) is 9.57. The topological polar surface area (TPSA) is 64.7 Å². The number of hydrogen-bond donors (Lipinski definition) is 2. The van der Waals surface area contributed by atoms with E-state index in [0.29, 0.717) is 37.4 Å². The minimum Gasteiger partial charge on any atom is -0.343 e. The Morgan fingerprint density at radius 1 is 1.24 bits per heavy atom. The van der Waals surface area contributed by atoms with Crippen LogP contribution >= 0.6 is 12.4 Å². The van der Waals surface area contributed by atoms with Gasteiger partial charge in [0.15, 0.2) is 0 Å². The van der Waals surface area contributed by atoms with E-state index in [9.17, 15) is 9.59 Å². The number of piperidine rings is 2. The summed E-state index contributed by atoms with van der Waals surface area (Å²) >= 11 is 0. The van der Waals surface area contributed by atoms with Gasteiger partial charge in [-0.05, 0) is 50.6 Å². The minimum absolute atomic E-state index is 0. The molecular formula is C18H35ClN4O2. The van der Waals surface area contributed by atoms with Crippen LogP contribution in [0.4, 0.5) is 4.79 Å². The van der Waals surface area contributed by atoms with Gasteiger partial charge in [0.05, 0.1) is 0 Å². The van der Waals surface area contributed by atoms with Crippen LogP contribution in [-0.2, 0) is 4.79 Å². The second kappa shape index (κ2) is 10.9. The molecule has 2 saturated heterocycles. The SMILES string of the molecule is CC(C)CNC(=O)N1CCCC(CC(=O)N(C)C2CCNCC2)C1.Cl. The van der Waals surface area contributed by atoms with Gasteiger partial charge < -0.3 is 20.4 Å². The number of nitrogens with one attached hydrogen (secondary N) is 2. The molecular weight excluding hydrogens is 340 g/mol. The van der Waals surface area contributed by atoms with Gasteiger partial charge in [0.1, 0.15) is 0 Å². The molecule has 2 aliphatic rings. The van der Waals surface area contributed by atoms with E-state index in [1.54, 1.807) is 0 Å². The smallest absolute Gasteiger partial charge is 0.317 e. The van der Waals surface area contributed by atoms with E-state index >= 15 is 0 Å². The summed E-state index contributed by atoms with van der Waals surface area (Å²) in [5.74, 6) is 0.978. The van der Waals surface area contributed by atoms with Crippen LogP contribution in [-0.4, -0.2) is 67.6 Å². The Bertz CT molecular complexity index is 427. The third-order valence-corrected chi connectivity index (χ3v) is 5.18. The lowest BCUT2D eigenvalue weighted by Crippen LogP contribution is -2.48. The van der Waals surface area contributed by atoms with Crippen molar-refractivity contribution in [3.63, 3.8) is 0 Å². The van der Waals surface area contributed by atoms with Crippen LogP contribution in [0.5, 0.6) is 0 Å². The van der Waals surface area contributed by atoms with Gasteiger partial charge in [-0.3, -0.25) is 4.79 Å². The highest BCUT2D eigenvalue weighted by atomic mass is 35.5. The Morgan fingerprint density at radius 2 is 1.92 bits per heavy atom. The number of rotatable bonds is 5. The van der Waals surface area contributed by atoms with Crippen molar-refractivity contribution in [1.29, 1.82) is 0 Å². The summed E-state index contributed by atoms with van der Waals surface area (Å²) in [4.78, 5) is 28.6. The van der Waals surface area contributed by atoms with E-state index in [1.165, 1.54) is 0 Å². The van der Waals surface area contributed by atoms with Crippen molar-refractivity contribution in [1.82, 2.24) is 20.4 Å². The van der Waals surface area contributed by atoms with Crippen LogP contribution in [0.15, 0.2) is 0 Å². The molecule has 0 aromatic carbocycles. The van der Waals surface area contributed by atoms with E-state index < -0.39 is 0 Å². The van der Waals surface area contributed by atoms with Crippen LogP contribution in [0.1, 0.15) is 46.0 Å². The molecule has 2 aliphatic heterocycles. The van der Waals surface area contributed by atoms with Crippen LogP contribution in [0.3, 0.4) is 0 Å². The maximum absolute atomic E-state index is 12.6. The number of carbonyl (C=O) groups is 2. The van der Waals surface area contributed by atoms with Gasteiger partial charge in [0, 0.05) is 39.1 Å². The Balaban J connectivity index is 0.00000312. The molecule has 0 spiro atoms. The van der Waals surface area contributed by atoms with Crippen molar-refractivity contribution in [2.45, 2.75) is 52.0 Å². The summed E-state index contributed by atoms with van der Waals surface area (Å²) in [5, 5.41) is 6.32. The van der Waals surface area contributed by atoms with E-state index in [2.05, 4.69) is 24.5 Å². The lowest BCUT2D eigenvalue weighted by Gasteiger charge is -2.35. The fourth-order valence-electron chi connectivity index (χ4n) is 3.61. The number of carbonyl (C=O) groups excluding carboxylic acids is 2. The van der Waals surface area contributed by atoms with E-state index in [0.717, 1.165) is 45.3 Å². The highest BCUT2D eigenvalue weighted by Gasteiger charge is 2.28. The largest absolute Gasteiger partial charge is 0.343 e. The van der Waals surface area contributed by atoms with Gasteiger partial charge in [-0.2, -0.15) is 0 Å². The zero-order valence-electron chi connectivity index (χ0n) is 15.9. The molecule has 6 nitrogen and oxygen atoms in total. The molecule has 2 heterocycles. The molecule has 0 radical (unpaired) electrons. The molecule has 2 fully saturated rings. The second-order valence-corrected chi connectivity index (χ2v) is 7.72. The normalized spacial score (nSPS) is 21.6. The van der Waals surface area contributed by atoms with Crippen molar-refractivity contribution in [3.8, 4) is 0 Å². The summed E-state index contributed by atoms with van der Waals surface area (Å²) in [6, 6.07) is 0.389. The Labute approximate surface area is 158 Å². The number of hydrogen-bond acceptors (Lipinski definition) is 3. The number of likely N-dealkylation sites (tertiary alicyclic amines) is 1. The standard InChI is InChI=1S/C18H34N4O2.ClH/c1-14(2)12-20-18(24)22-10-4-5-15(13-22)11-17(23)21(3)16-6-8-19-9-7-16;/h14-16,19H,4-13H2,1-3H3,(H,20,24);1H. The molecule has 1 atom stereocenters. The average molecular weight is 375 g/mol. The molecule has 0 aromatic heterocycles. The van der Waals surface area contributed by atoms with Gasteiger partial charge in [0.25, 0.3) is 0 Å². The third kappa shape index (κ3) is 7.02. The number of nitrogens with zero attached hydrogens (tertiary/aromatic N) is 2. The predicted molar refractivity (Wildman–Crippen MR) is 103 cm³/mol. The maximum Gasteiger partial charge on any atom is 0.317 e. The number of amides is 3. The van der Waals surface area contributed by atoms with Crippen LogP contribution < -0.4 is 10.6 Å². The van der Waals surface area contributed by atoms with Crippen molar-refractivity contribution in [2.24, 2.45) is 11.8 Å². The molecule has 2 rings (SSSR count). The molecule has 25 heavy (non-hydrogen) atoms. The van der Waals surface area contributed by atoms with Crippen LogP contribution in [0.2, 0.25) is 0 Å². The molecule has 2 N–H and O–H groups in total. The maximum atomic E-state index is 12.6. The first-order chi connectivity index (χ1) is 11.5. The first kappa shape index (κ1) is 22.0. The fraction of sp³-hybridized carbons (Fsp3) is 0.889. The van der Waals surface area contributed by atoms with Crippen molar-refractivity contribution in [3.05, 3.63) is 0 Å². The Morgan fingerprint density at radius 3 is 2.56 bits per heavy atom. The van der Waals surface area contributed by atoms with Crippen molar-refractivity contribution >= 4 is 24.3 Å². The zero-order valence-corrected chi connectivity index (χ0v) is 16.7. The first-order valence-electron chi connectivity index (χ1n) is 9.46. The second-order valence-electron chi connectivity index (χ2n) is 7.72. The monoisotopic (exact) mass is 374 g/mol. The Hall–Kier alpha value is -1.01. The predicted octanol–water partition coefficient (Wildman–Crippen LogP) is 2.09. The summed E-state index contributed by atoms with van der Waals surface area (Å²) in [6.07, 6.45) is 4.67. The molecule has 1 unspecified atom stereocenters. The van der Waals surface area contributed by atoms with Gasteiger partial charge in [0.2, 0.25) is 5.91 Å². The fourth-order valence-corrected chi connectivity index (χ4v) is 3.61. The highest BCUT2D eigenvalue weighted by Crippen LogP contribution is 2.22. The lowest BCUT2D eigenvalue weighted by molar-refractivity contribution is -0.133. The summed E-state index contributed by atoms with van der Waals surface area (Å²) in [6.45, 7) is 8.39. The zero-order chi connectivity index (χ0) is 17.5. The number of halogens is 1. The third-order valence-electron chi connectivity index (χ3n) is 5.18. The van der Waals surface area contributed by atoms with Gasteiger partial charge >= 0.3 is 6.03 Å². The molecule has 7 heteroatoms.